The summed E-state index contributed by atoms with van der Waals surface area (Å²) in [7, 11) is 0. The third-order valence-corrected chi connectivity index (χ3v) is 2.87. The van der Waals surface area contributed by atoms with Crippen LogP contribution in [0.1, 0.15) is 19.4 Å². The van der Waals surface area contributed by atoms with Gasteiger partial charge >= 0.3 is 0 Å². The molecule has 96 valence electrons. The molecule has 2 rings (SSSR count). The number of hydrogen-bond acceptors (Lipinski definition) is 2. The fourth-order valence-electron chi connectivity index (χ4n) is 1.80. The first-order chi connectivity index (χ1) is 8.47. The monoisotopic (exact) mass is 253 g/mol. The molecule has 2 N–H and O–H groups in total. The molecule has 1 aromatic carbocycles. The van der Waals surface area contributed by atoms with Crippen molar-refractivity contribution in [2.24, 2.45) is 4.99 Å². The zero-order chi connectivity index (χ0) is 13.3. The summed E-state index contributed by atoms with van der Waals surface area (Å²) in [5.41, 5.74) is -0.789. The highest BCUT2D eigenvalue weighted by Crippen LogP contribution is 2.25. The van der Waals surface area contributed by atoms with E-state index in [0.717, 1.165) is 12.1 Å². The smallest absolute Gasteiger partial charge is 0.256 e. The molecule has 1 aliphatic heterocycles. The first-order valence-corrected chi connectivity index (χ1v) is 5.57. The molecule has 0 bridgehead atoms. The largest absolute Gasteiger partial charge is 0.338 e. The Morgan fingerprint density at radius 1 is 1.33 bits per heavy atom. The van der Waals surface area contributed by atoms with Crippen LogP contribution in [0.3, 0.4) is 0 Å². The standard InChI is InChI=1S/C12H13F2N3O/c1-3-15-11-16-10(18)12(2,17-11)7-4-5-8(13)9(14)6-7/h4-6H,3H2,1-2H3,(H2,15,16,17,18). The number of aliphatic imine (C=N–C) groups is 1. The van der Waals surface area contributed by atoms with Crippen LogP contribution in [0.4, 0.5) is 8.78 Å². The van der Waals surface area contributed by atoms with Crippen molar-refractivity contribution in [1.82, 2.24) is 10.6 Å². The van der Waals surface area contributed by atoms with Crippen molar-refractivity contribution in [3.05, 3.63) is 35.4 Å². The van der Waals surface area contributed by atoms with Crippen LogP contribution in [0.15, 0.2) is 23.2 Å². The first-order valence-electron chi connectivity index (χ1n) is 5.57. The number of amides is 1. The van der Waals surface area contributed by atoms with Gasteiger partial charge < -0.3 is 5.32 Å². The Morgan fingerprint density at radius 2 is 2.06 bits per heavy atom. The Labute approximate surface area is 103 Å². The van der Waals surface area contributed by atoms with Gasteiger partial charge in [0, 0.05) is 6.54 Å². The number of carbonyl (C=O) groups is 1. The second-order valence-electron chi connectivity index (χ2n) is 4.16. The molecule has 1 heterocycles. The minimum absolute atomic E-state index is 0.342. The van der Waals surface area contributed by atoms with Gasteiger partial charge in [0.1, 0.15) is 5.54 Å². The van der Waals surface area contributed by atoms with Crippen LogP contribution in [0.5, 0.6) is 0 Å². The number of benzene rings is 1. The van der Waals surface area contributed by atoms with Gasteiger partial charge in [0.25, 0.3) is 5.91 Å². The summed E-state index contributed by atoms with van der Waals surface area (Å²) >= 11 is 0. The van der Waals surface area contributed by atoms with E-state index in [1.165, 1.54) is 6.07 Å². The molecule has 0 aromatic heterocycles. The highest BCUT2D eigenvalue weighted by atomic mass is 19.2. The lowest BCUT2D eigenvalue weighted by atomic mass is 9.92. The van der Waals surface area contributed by atoms with E-state index >= 15 is 0 Å². The number of rotatable bonds is 2. The van der Waals surface area contributed by atoms with Gasteiger partial charge in [0.05, 0.1) is 0 Å². The van der Waals surface area contributed by atoms with Crippen molar-refractivity contribution >= 4 is 11.9 Å². The van der Waals surface area contributed by atoms with Gasteiger partial charge in [-0.3, -0.25) is 15.1 Å². The van der Waals surface area contributed by atoms with Crippen LogP contribution in [0.25, 0.3) is 0 Å². The van der Waals surface area contributed by atoms with Gasteiger partial charge in [-0.1, -0.05) is 6.07 Å². The topological polar surface area (TPSA) is 53.5 Å². The van der Waals surface area contributed by atoms with Gasteiger partial charge in [-0.05, 0) is 31.5 Å². The Balaban J connectivity index is 2.39. The maximum Gasteiger partial charge on any atom is 0.256 e. The molecule has 4 nitrogen and oxygen atoms in total. The normalized spacial score (nSPS) is 25.1. The highest BCUT2D eigenvalue weighted by molar-refractivity contribution is 6.09. The van der Waals surface area contributed by atoms with Crippen LogP contribution in [-0.4, -0.2) is 18.4 Å². The molecule has 0 spiro atoms. The quantitative estimate of drug-likeness (QED) is 0.834. The third kappa shape index (κ3) is 1.94. The lowest BCUT2D eigenvalue weighted by Crippen LogP contribution is -2.40. The van der Waals surface area contributed by atoms with E-state index in [1.807, 2.05) is 6.92 Å². The van der Waals surface area contributed by atoms with Gasteiger partial charge in [-0.2, -0.15) is 0 Å². The Hall–Kier alpha value is -1.98. The lowest BCUT2D eigenvalue weighted by Gasteiger charge is -2.21. The Morgan fingerprint density at radius 3 is 2.67 bits per heavy atom. The average molecular weight is 253 g/mol. The van der Waals surface area contributed by atoms with Crippen LogP contribution in [0, 0.1) is 11.6 Å². The summed E-state index contributed by atoms with van der Waals surface area (Å²) in [6.07, 6.45) is 0. The summed E-state index contributed by atoms with van der Waals surface area (Å²) in [6, 6.07) is 3.39. The van der Waals surface area contributed by atoms with Gasteiger partial charge in [0.2, 0.25) is 0 Å². The van der Waals surface area contributed by atoms with Crippen LogP contribution >= 0.6 is 0 Å². The molecule has 0 saturated carbocycles. The molecule has 0 radical (unpaired) electrons. The second-order valence-corrected chi connectivity index (χ2v) is 4.16. The van der Waals surface area contributed by atoms with Crippen molar-refractivity contribution in [3.8, 4) is 0 Å². The van der Waals surface area contributed by atoms with E-state index < -0.39 is 17.2 Å². The SMILES string of the molecule is CCN=C1NC(=O)C(C)(c2ccc(F)c(F)c2)N1. The predicted octanol–water partition coefficient (Wildman–Crippen LogP) is 1.28. The minimum Gasteiger partial charge on any atom is -0.338 e. The van der Waals surface area contributed by atoms with E-state index in [1.54, 1.807) is 6.92 Å². The van der Waals surface area contributed by atoms with E-state index in [2.05, 4.69) is 15.6 Å². The zero-order valence-electron chi connectivity index (χ0n) is 10.1. The summed E-state index contributed by atoms with van der Waals surface area (Å²) in [6.45, 7) is 3.93. The number of carbonyl (C=O) groups excluding carboxylic acids is 1. The number of nitrogens with zero attached hydrogens (tertiary/aromatic N) is 1. The Bertz CT molecular complexity index is 530. The highest BCUT2D eigenvalue weighted by Gasteiger charge is 2.42. The van der Waals surface area contributed by atoms with Crippen LogP contribution in [0.2, 0.25) is 0 Å². The van der Waals surface area contributed by atoms with Crippen LogP contribution < -0.4 is 10.6 Å². The third-order valence-electron chi connectivity index (χ3n) is 2.87. The fourth-order valence-corrected chi connectivity index (χ4v) is 1.80. The molecule has 1 fully saturated rings. The predicted molar refractivity (Wildman–Crippen MR) is 63.0 cm³/mol. The first kappa shape index (κ1) is 12.5. The number of hydrogen-bond donors (Lipinski definition) is 2. The second kappa shape index (κ2) is 4.36. The lowest BCUT2D eigenvalue weighted by molar-refractivity contribution is -0.123. The van der Waals surface area contributed by atoms with E-state index in [4.69, 9.17) is 0 Å². The molecular formula is C12H13F2N3O. The van der Waals surface area contributed by atoms with Crippen molar-refractivity contribution in [1.29, 1.82) is 0 Å². The zero-order valence-corrected chi connectivity index (χ0v) is 10.1. The van der Waals surface area contributed by atoms with Crippen molar-refractivity contribution in [2.75, 3.05) is 6.54 Å². The molecule has 1 aliphatic rings. The molecular weight excluding hydrogens is 240 g/mol. The summed E-state index contributed by atoms with van der Waals surface area (Å²) in [5, 5.41) is 5.44. The molecule has 1 aromatic rings. The van der Waals surface area contributed by atoms with E-state index in [0.29, 0.717) is 18.1 Å². The summed E-state index contributed by atoms with van der Waals surface area (Å²) in [5.74, 6) is -1.93. The van der Waals surface area contributed by atoms with Gasteiger partial charge in [-0.15, -0.1) is 0 Å². The molecule has 1 unspecified atom stereocenters. The summed E-state index contributed by atoms with van der Waals surface area (Å²) < 4.78 is 26.1. The van der Waals surface area contributed by atoms with Crippen molar-refractivity contribution < 1.29 is 13.6 Å². The molecule has 6 heteroatoms. The number of nitrogens with one attached hydrogen (secondary N) is 2. The molecule has 0 aliphatic carbocycles. The van der Waals surface area contributed by atoms with Gasteiger partial charge in [-0.25, -0.2) is 8.78 Å². The number of halogens is 2. The fraction of sp³-hybridized carbons (Fsp3) is 0.333. The molecule has 1 saturated heterocycles. The molecule has 1 amide bonds. The Kier molecular flexibility index (Phi) is 3.02. The van der Waals surface area contributed by atoms with Crippen molar-refractivity contribution in [3.63, 3.8) is 0 Å². The van der Waals surface area contributed by atoms with Crippen LogP contribution in [-0.2, 0) is 10.3 Å². The number of guanidine groups is 1. The maximum atomic E-state index is 13.2. The van der Waals surface area contributed by atoms with Crippen molar-refractivity contribution in [2.45, 2.75) is 19.4 Å². The summed E-state index contributed by atoms with van der Waals surface area (Å²) in [4.78, 5) is 15.9. The minimum atomic E-state index is -1.14. The molecule has 18 heavy (non-hydrogen) atoms. The molecule has 1 atom stereocenters. The van der Waals surface area contributed by atoms with E-state index in [9.17, 15) is 13.6 Å². The average Bonchev–Trinajstić information content (AvgIpc) is 2.60. The maximum absolute atomic E-state index is 13.2. The van der Waals surface area contributed by atoms with Gasteiger partial charge in [0.15, 0.2) is 17.6 Å². The van der Waals surface area contributed by atoms with E-state index in [-0.39, 0.29) is 5.91 Å².